The predicted molar refractivity (Wildman–Crippen MR) is 192 cm³/mol. The van der Waals surface area contributed by atoms with Crippen LogP contribution in [0.15, 0.2) is 11.6 Å². The summed E-state index contributed by atoms with van der Waals surface area (Å²) >= 11 is 0. The number of ether oxygens (including phenoxy) is 7. The Morgan fingerprint density at radius 1 is 1.08 bits per heavy atom. The summed E-state index contributed by atoms with van der Waals surface area (Å²) in [5.41, 5.74) is -3.63. The minimum Gasteiger partial charge on any atom is -0.469 e. The zero-order valence-corrected chi connectivity index (χ0v) is 33.9. The molecule has 0 saturated carbocycles. The molecule has 0 bridgehead atoms. The number of carbonyl (C=O) groups is 1. The molecule has 14 nitrogen and oxygen atoms in total. The molecule has 0 aromatic heterocycles. The summed E-state index contributed by atoms with van der Waals surface area (Å²) in [7, 11) is 6.56. The first-order valence-corrected chi connectivity index (χ1v) is 18.7. The first kappa shape index (κ1) is 45.1. The second-order valence-corrected chi connectivity index (χ2v) is 16.5. The molecule has 52 heavy (non-hydrogen) atoms. The molecule has 0 radical (unpaired) electrons. The highest BCUT2D eigenvalue weighted by Crippen LogP contribution is 2.50. The molecule has 3 rings (SSSR count). The van der Waals surface area contributed by atoms with Crippen LogP contribution in [0.5, 0.6) is 0 Å². The highest BCUT2D eigenvalue weighted by Gasteiger charge is 2.59. The van der Waals surface area contributed by atoms with Gasteiger partial charge < -0.3 is 63.6 Å². The summed E-state index contributed by atoms with van der Waals surface area (Å²) in [6, 6.07) is -0.286. The molecule has 3 aliphatic rings. The Morgan fingerprint density at radius 2 is 1.69 bits per heavy atom. The monoisotopic (exact) mass is 747 g/mol. The van der Waals surface area contributed by atoms with E-state index in [2.05, 4.69) is 0 Å². The molecular weight excluding hydrogens is 678 g/mol. The lowest BCUT2D eigenvalue weighted by atomic mass is 9.78. The summed E-state index contributed by atoms with van der Waals surface area (Å²) in [5, 5.41) is 56.3. The number of hydrogen-bond donors (Lipinski definition) is 5. The Bertz CT molecular complexity index is 1220. The standard InChI is InChI=1S/C38H69NO13/c1-15-27(40)35(8,44)17-20(2)38(45)21(3)18-37(10,52-38)32(51-34-29(41)26(39(11)12)16-22(4)48-34)23(5)30(24(6)33(43)46-13)50-28-19-36(9,47-14)31(42)25(7)49-28/h17,21-32,34,40-42,44-45H,15-16,18-19H2,1-14H3/b20-17+/t21-,22-,23+,24-,25+,26+,27-,28+,29-,30+,31+,32-,34+,35+,36-,37-,38-/m1/s1. The van der Waals surface area contributed by atoms with E-state index in [4.69, 9.17) is 33.2 Å². The maximum absolute atomic E-state index is 13.2. The van der Waals surface area contributed by atoms with Crippen molar-refractivity contribution in [3.05, 3.63) is 11.6 Å². The van der Waals surface area contributed by atoms with Gasteiger partial charge in [0.15, 0.2) is 18.4 Å². The summed E-state index contributed by atoms with van der Waals surface area (Å²) < 4.78 is 43.4. The Hall–Kier alpha value is -1.27. The van der Waals surface area contributed by atoms with Gasteiger partial charge in [-0.25, -0.2) is 0 Å². The third-order valence-electron chi connectivity index (χ3n) is 11.9. The zero-order chi connectivity index (χ0) is 39.7. The van der Waals surface area contributed by atoms with Crippen molar-refractivity contribution in [3.63, 3.8) is 0 Å². The predicted octanol–water partition coefficient (Wildman–Crippen LogP) is 2.50. The number of rotatable bonds is 15. The summed E-state index contributed by atoms with van der Waals surface area (Å²) in [6.07, 6.45) is -5.23. The van der Waals surface area contributed by atoms with Crippen LogP contribution in [-0.2, 0) is 38.0 Å². The van der Waals surface area contributed by atoms with Gasteiger partial charge in [0.2, 0.25) is 0 Å². The average molecular weight is 748 g/mol. The first-order valence-electron chi connectivity index (χ1n) is 18.7. The van der Waals surface area contributed by atoms with E-state index >= 15 is 0 Å². The molecule has 3 saturated heterocycles. The SMILES string of the molecule is CC[C@@H](O)[C@@](C)(O)/C=C(\C)[C@@]1(O)O[C@@](C)([C@H](O[C@@H]2O[C@H](C)C[C@H](N(C)C)[C@H]2O)[C@@H](C)[C@H](O[C@H]2C[C@@](C)(OC)[C@@H](O)[C@H](C)O2)[C@@H](C)C(=O)OC)C[C@H]1C. The highest BCUT2D eigenvalue weighted by molar-refractivity contribution is 5.72. The van der Waals surface area contributed by atoms with Crippen molar-refractivity contribution in [1.29, 1.82) is 0 Å². The molecule has 0 aromatic rings. The maximum atomic E-state index is 13.2. The van der Waals surface area contributed by atoms with Gasteiger partial charge in [-0.15, -0.1) is 0 Å². The molecule has 17 atom stereocenters. The third-order valence-corrected chi connectivity index (χ3v) is 11.9. The van der Waals surface area contributed by atoms with Crippen LogP contribution in [0.1, 0.15) is 94.9 Å². The van der Waals surface area contributed by atoms with E-state index in [9.17, 15) is 30.3 Å². The Kier molecular flexibility index (Phi) is 15.0. The summed E-state index contributed by atoms with van der Waals surface area (Å²) in [4.78, 5) is 15.2. The van der Waals surface area contributed by atoms with Crippen LogP contribution in [0.25, 0.3) is 0 Å². The lowest BCUT2D eigenvalue weighted by Crippen LogP contribution is -2.60. The van der Waals surface area contributed by atoms with Gasteiger partial charge in [0.05, 0.1) is 54.7 Å². The second kappa shape index (κ2) is 17.3. The number of aliphatic hydroxyl groups excluding tert-OH is 3. The lowest BCUT2D eigenvalue weighted by Gasteiger charge is -2.48. The summed E-state index contributed by atoms with van der Waals surface area (Å²) in [6.45, 7) is 17.4. The quantitative estimate of drug-likeness (QED) is 0.122. The molecule has 0 aromatic carbocycles. The fraction of sp³-hybridized carbons (Fsp3) is 0.921. The van der Waals surface area contributed by atoms with E-state index in [1.165, 1.54) is 27.2 Å². The molecule has 14 heteroatoms. The molecular formula is C38H69NO13. The van der Waals surface area contributed by atoms with Crippen LogP contribution in [0.4, 0.5) is 0 Å². The highest BCUT2D eigenvalue weighted by atomic mass is 16.7. The fourth-order valence-corrected chi connectivity index (χ4v) is 8.52. The average Bonchev–Trinajstić information content (AvgIpc) is 3.32. The topological polar surface area (TPSA) is 186 Å². The Labute approximate surface area is 310 Å². The molecule has 0 spiro atoms. The van der Waals surface area contributed by atoms with Crippen LogP contribution < -0.4 is 0 Å². The zero-order valence-electron chi connectivity index (χ0n) is 33.9. The molecule has 3 aliphatic heterocycles. The number of nitrogens with zero attached hydrogens (tertiary/aromatic N) is 1. The van der Waals surface area contributed by atoms with Crippen molar-refractivity contribution in [1.82, 2.24) is 4.90 Å². The number of hydrogen-bond acceptors (Lipinski definition) is 14. The van der Waals surface area contributed by atoms with E-state index in [0.717, 1.165) is 0 Å². The normalized spacial score (nSPS) is 41.6. The number of methoxy groups -OCH3 is 2. The maximum Gasteiger partial charge on any atom is 0.311 e. The number of likely N-dealkylation sites (N-methyl/N-ethyl adjacent to an activating group) is 1. The van der Waals surface area contributed by atoms with E-state index in [0.29, 0.717) is 18.4 Å². The fourth-order valence-electron chi connectivity index (χ4n) is 8.52. The molecule has 304 valence electrons. The van der Waals surface area contributed by atoms with Gasteiger partial charge in [0.1, 0.15) is 17.8 Å². The van der Waals surface area contributed by atoms with Crippen molar-refractivity contribution >= 4 is 5.97 Å². The van der Waals surface area contributed by atoms with Crippen LogP contribution in [0, 0.1) is 17.8 Å². The van der Waals surface area contributed by atoms with Gasteiger partial charge in [-0.1, -0.05) is 20.8 Å². The largest absolute Gasteiger partial charge is 0.469 e. The van der Waals surface area contributed by atoms with Crippen molar-refractivity contribution in [2.75, 3.05) is 28.3 Å². The van der Waals surface area contributed by atoms with Crippen LogP contribution in [-0.4, -0.2) is 149 Å². The Morgan fingerprint density at radius 3 is 2.23 bits per heavy atom. The van der Waals surface area contributed by atoms with Crippen molar-refractivity contribution in [2.24, 2.45) is 17.8 Å². The van der Waals surface area contributed by atoms with E-state index < -0.39 is 95.5 Å². The van der Waals surface area contributed by atoms with Crippen LogP contribution in [0.2, 0.25) is 0 Å². The van der Waals surface area contributed by atoms with E-state index in [1.807, 2.05) is 39.8 Å². The summed E-state index contributed by atoms with van der Waals surface area (Å²) in [5.74, 6) is -4.52. The lowest BCUT2D eigenvalue weighted by molar-refractivity contribution is -0.326. The van der Waals surface area contributed by atoms with Gasteiger partial charge in [-0.05, 0) is 93.5 Å². The minimum absolute atomic E-state index is 0.155. The molecule has 3 fully saturated rings. The van der Waals surface area contributed by atoms with Gasteiger partial charge in [-0.3, -0.25) is 4.79 Å². The molecule has 0 aliphatic carbocycles. The Balaban J connectivity index is 2.14. The minimum atomic E-state index is -1.89. The van der Waals surface area contributed by atoms with Gasteiger partial charge in [0, 0.05) is 31.4 Å². The molecule has 5 N–H and O–H groups in total. The van der Waals surface area contributed by atoms with Crippen LogP contribution >= 0.6 is 0 Å². The van der Waals surface area contributed by atoms with E-state index in [1.54, 1.807) is 41.5 Å². The van der Waals surface area contributed by atoms with Gasteiger partial charge in [-0.2, -0.15) is 0 Å². The van der Waals surface area contributed by atoms with Crippen molar-refractivity contribution < 1.29 is 63.5 Å². The van der Waals surface area contributed by atoms with Crippen molar-refractivity contribution in [2.45, 2.75) is 179 Å². The number of carbonyl (C=O) groups excluding carboxylic acids is 1. The van der Waals surface area contributed by atoms with Gasteiger partial charge in [0.25, 0.3) is 0 Å². The molecule has 0 amide bonds. The third kappa shape index (κ3) is 9.39. The van der Waals surface area contributed by atoms with Crippen molar-refractivity contribution in [3.8, 4) is 0 Å². The molecule has 0 unspecified atom stereocenters. The number of esters is 1. The van der Waals surface area contributed by atoms with Crippen LogP contribution in [0.3, 0.4) is 0 Å². The number of aliphatic hydroxyl groups is 5. The van der Waals surface area contributed by atoms with E-state index in [-0.39, 0.29) is 25.0 Å². The van der Waals surface area contributed by atoms with Gasteiger partial charge >= 0.3 is 5.97 Å². The molecule has 3 heterocycles. The smallest absolute Gasteiger partial charge is 0.311 e. The second-order valence-electron chi connectivity index (χ2n) is 16.5. The first-order chi connectivity index (χ1) is 23.9.